The molecule has 2 aliphatic carbocycles. The third-order valence-electron chi connectivity index (χ3n) is 3.28. The second-order valence-electron chi connectivity index (χ2n) is 4.99. The minimum Gasteiger partial charge on any atom is -0.360 e. The van der Waals surface area contributed by atoms with E-state index in [0.29, 0.717) is 6.04 Å². The molecule has 0 atom stereocenters. The SMILES string of the molecule is CC1(NC(=S)NC2CC2)CCCCC1. The van der Waals surface area contributed by atoms with E-state index in [1.165, 1.54) is 44.9 Å². The molecule has 0 saturated heterocycles. The molecule has 0 radical (unpaired) electrons. The molecule has 2 fully saturated rings. The average molecular weight is 212 g/mol. The summed E-state index contributed by atoms with van der Waals surface area (Å²) in [5, 5.41) is 7.71. The summed E-state index contributed by atoms with van der Waals surface area (Å²) in [6.45, 7) is 2.30. The minimum absolute atomic E-state index is 0.261. The molecule has 2 nitrogen and oxygen atoms in total. The predicted octanol–water partition coefficient (Wildman–Crippen LogP) is 2.34. The van der Waals surface area contributed by atoms with E-state index < -0.39 is 0 Å². The number of thiocarbonyl (C=S) groups is 1. The Morgan fingerprint density at radius 2 is 1.86 bits per heavy atom. The van der Waals surface area contributed by atoms with Gasteiger partial charge in [0.25, 0.3) is 0 Å². The maximum Gasteiger partial charge on any atom is 0.166 e. The van der Waals surface area contributed by atoms with Crippen LogP contribution in [-0.2, 0) is 0 Å². The van der Waals surface area contributed by atoms with Gasteiger partial charge in [-0.25, -0.2) is 0 Å². The highest BCUT2D eigenvalue weighted by Gasteiger charge is 2.29. The van der Waals surface area contributed by atoms with Gasteiger partial charge in [-0.1, -0.05) is 19.3 Å². The van der Waals surface area contributed by atoms with E-state index in [2.05, 4.69) is 17.6 Å². The van der Waals surface area contributed by atoms with Gasteiger partial charge in [0, 0.05) is 11.6 Å². The third kappa shape index (κ3) is 2.84. The number of hydrogen-bond acceptors (Lipinski definition) is 1. The van der Waals surface area contributed by atoms with Gasteiger partial charge in [0.15, 0.2) is 5.11 Å². The molecule has 0 heterocycles. The van der Waals surface area contributed by atoms with Crippen molar-refractivity contribution >= 4 is 17.3 Å². The summed E-state index contributed by atoms with van der Waals surface area (Å²) >= 11 is 5.30. The van der Waals surface area contributed by atoms with Crippen molar-refractivity contribution in [1.82, 2.24) is 10.6 Å². The van der Waals surface area contributed by atoms with Gasteiger partial charge in [-0.2, -0.15) is 0 Å². The highest BCUT2D eigenvalue weighted by molar-refractivity contribution is 7.80. The first-order valence-corrected chi connectivity index (χ1v) is 6.17. The summed E-state index contributed by atoms with van der Waals surface area (Å²) in [6, 6.07) is 0.669. The average Bonchev–Trinajstić information content (AvgIpc) is 2.88. The Morgan fingerprint density at radius 3 is 2.43 bits per heavy atom. The maximum atomic E-state index is 5.30. The standard InChI is InChI=1S/C11H20N2S/c1-11(7-3-2-4-8-11)13-10(14)12-9-5-6-9/h9H,2-8H2,1H3,(H2,12,13,14). The zero-order chi connectivity index (χ0) is 10.0. The minimum atomic E-state index is 0.261. The van der Waals surface area contributed by atoms with Crippen molar-refractivity contribution in [2.45, 2.75) is 63.5 Å². The van der Waals surface area contributed by atoms with E-state index in [0.717, 1.165) is 5.11 Å². The van der Waals surface area contributed by atoms with Crippen LogP contribution in [0.4, 0.5) is 0 Å². The van der Waals surface area contributed by atoms with Gasteiger partial charge in [-0.3, -0.25) is 0 Å². The van der Waals surface area contributed by atoms with Crippen molar-refractivity contribution in [3.8, 4) is 0 Å². The van der Waals surface area contributed by atoms with Crippen LogP contribution in [0, 0.1) is 0 Å². The van der Waals surface area contributed by atoms with Gasteiger partial charge in [-0.05, 0) is 44.8 Å². The Morgan fingerprint density at radius 1 is 1.21 bits per heavy atom. The first kappa shape index (κ1) is 10.2. The Balaban J connectivity index is 1.78. The second-order valence-corrected chi connectivity index (χ2v) is 5.40. The molecule has 2 saturated carbocycles. The summed E-state index contributed by atoms with van der Waals surface area (Å²) in [4.78, 5) is 0. The van der Waals surface area contributed by atoms with Crippen LogP contribution in [0.15, 0.2) is 0 Å². The van der Waals surface area contributed by atoms with Crippen molar-refractivity contribution in [3.05, 3.63) is 0 Å². The molecule has 0 amide bonds. The van der Waals surface area contributed by atoms with Gasteiger partial charge in [0.1, 0.15) is 0 Å². The Labute approximate surface area is 91.8 Å². The van der Waals surface area contributed by atoms with Gasteiger partial charge < -0.3 is 10.6 Å². The second kappa shape index (κ2) is 4.05. The zero-order valence-electron chi connectivity index (χ0n) is 8.94. The van der Waals surface area contributed by atoms with Crippen LogP contribution < -0.4 is 10.6 Å². The van der Waals surface area contributed by atoms with Crippen molar-refractivity contribution in [1.29, 1.82) is 0 Å². The molecule has 80 valence electrons. The molecule has 0 spiro atoms. The van der Waals surface area contributed by atoms with Crippen molar-refractivity contribution < 1.29 is 0 Å². The van der Waals surface area contributed by atoms with Gasteiger partial charge in [0.05, 0.1) is 0 Å². The highest BCUT2D eigenvalue weighted by atomic mass is 32.1. The van der Waals surface area contributed by atoms with Crippen LogP contribution in [0.5, 0.6) is 0 Å². The first-order chi connectivity index (χ1) is 6.68. The van der Waals surface area contributed by atoms with Gasteiger partial charge >= 0.3 is 0 Å². The topological polar surface area (TPSA) is 24.1 Å². The third-order valence-corrected chi connectivity index (χ3v) is 3.50. The lowest BCUT2D eigenvalue weighted by atomic mass is 9.83. The molecule has 0 aliphatic heterocycles. The van der Waals surface area contributed by atoms with E-state index in [-0.39, 0.29) is 5.54 Å². The largest absolute Gasteiger partial charge is 0.360 e. The lowest BCUT2D eigenvalue weighted by Gasteiger charge is -2.35. The van der Waals surface area contributed by atoms with Gasteiger partial charge in [0.2, 0.25) is 0 Å². The fourth-order valence-electron chi connectivity index (χ4n) is 2.18. The lowest BCUT2D eigenvalue weighted by Crippen LogP contribution is -2.51. The zero-order valence-corrected chi connectivity index (χ0v) is 9.75. The summed E-state index contributed by atoms with van der Waals surface area (Å²) in [7, 11) is 0. The molecular formula is C11H20N2S. The quantitative estimate of drug-likeness (QED) is 0.687. The molecule has 2 aliphatic rings. The molecule has 0 unspecified atom stereocenters. The summed E-state index contributed by atoms with van der Waals surface area (Å²) in [5.41, 5.74) is 0.261. The first-order valence-electron chi connectivity index (χ1n) is 5.77. The molecule has 2 N–H and O–H groups in total. The molecule has 2 rings (SSSR count). The van der Waals surface area contributed by atoms with Crippen LogP contribution in [0.25, 0.3) is 0 Å². The normalized spacial score (nSPS) is 25.5. The predicted molar refractivity (Wildman–Crippen MR) is 63.4 cm³/mol. The summed E-state index contributed by atoms with van der Waals surface area (Å²) in [6.07, 6.45) is 9.18. The van der Waals surface area contributed by atoms with Crippen LogP contribution in [0.2, 0.25) is 0 Å². The van der Waals surface area contributed by atoms with E-state index in [4.69, 9.17) is 12.2 Å². The number of rotatable bonds is 2. The van der Waals surface area contributed by atoms with E-state index in [1.807, 2.05) is 0 Å². The Hall–Kier alpha value is -0.310. The maximum absolute atomic E-state index is 5.30. The summed E-state index contributed by atoms with van der Waals surface area (Å²) < 4.78 is 0. The monoisotopic (exact) mass is 212 g/mol. The molecule has 0 aromatic carbocycles. The van der Waals surface area contributed by atoms with Crippen molar-refractivity contribution in [2.75, 3.05) is 0 Å². The number of nitrogens with one attached hydrogen (secondary N) is 2. The molecule has 0 aromatic rings. The molecule has 0 bridgehead atoms. The fourth-order valence-corrected chi connectivity index (χ4v) is 2.59. The van der Waals surface area contributed by atoms with Crippen molar-refractivity contribution in [2.24, 2.45) is 0 Å². The van der Waals surface area contributed by atoms with E-state index >= 15 is 0 Å². The summed E-state index contributed by atoms with van der Waals surface area (Å²) in [5.74, 6) is 0. The smallest absolute Gasteiger partial charge is 0.166 e. The Kier molecular flexibility index (Phi) is 2.96. The van der Waals surface area contributed by atoms with E-state index in [9.17, 15) is 0 Å². The molecule has 3 heteroatoms. The van der Waals surface area contributed by atoms with Crippen LogP contribution >= 0.6 is 12.2 Å². The Bertz CT molecular complexity index is 217. The highest BCUT2D eigenvalue weighted by Crippen LogP contribution is 2.27. The van der Waals surface area contributed by atoms with E-state index in [1.54, 1.807) is 0 Å². The van der Waals surface area contributed by atoms with Crippen LogP contribution in [0.1, 0.15) is 51.9 Å². The molecule has 14 heavy (non-hydrogen) atoms. The number of hydrogen-bond donors (Lipinski definition) is 2. The lowest BCUT2D eigenvalue weighted by molar-refractivity contribution is 0.290. The van der Waals surface area contributed by atoms with Crippen LogP contribution in [0.3, 0.4) is 0 Å². The van der Waals surface area contributed by atoms with Gasteiger partial charge in [-0.15, -0.1) is 0 Å². The molecular weight excluding hydrogens is 192 g/mol. The fraction of sp³-hybridized carbons (Fsp3) is 0.909. The molecule has 0 aromatic heterocycles. The van der Waals surface area contributed by atoms with Crippen molar-refractivity contribution in [3.63, 3.8) is 0 Å². The van der Waals surface area contributed by atoms with Crippen LogP contribution in [-0.4, -0.2) is 16.7 Å².